The fourth-order valence-electron chi connectivity index (χ4n) is 1.43. The first-order valence-electron chi connectivity index (χ1n) is 5.35. The van der Waals surface area contributed by atoms with Crippen molar-refractivity contribution >= 4 is 18.3 Å². The maximum absolute atomic E-state index is 13.3. The van der Waals surface area contributed by atoms with Crippen molar-refractivity contribution in [3.8, 4) is 0 Å². The highest BCUT2D eigenvalue weighted by atomic mass is 35.5. The van der Waals surface area contributed by atoms with Gasteiger partial charge >= 0.3 is 0 Å². The predicted octanol–water partition coefficient (Wildman–Crippen LogP) is 1.23. The maximum Gasteiger partial charge on any atom is 0.234 e. The molecule has 0 aliphatic carbocycles. The Morgan fingerprint density at radius 3 is 2.78 bits per heavy atom. The summed E-state index contributed by atoms with van der Waals surface area (Å²) in [5.74, 6) is -0.387. The second-order valence-corrected chi connectivity index (χ2v) is 3.67. The van der Waals surface area contributed by atoms with Gasteiger partial charge in [0.2, 0.25) is 5.91 Å². The van der Waals surface area contributed by atoms with E-state index in [-0.39, 0.29) is 37.3 Å². The molecule has 0 bridgehead atoms. The molecule has 0 aromatic heterocycles. The van der Waals surface area contributed by atoms with E-state index in [9.17, 15) is 9.18 Å². The first kappa shape index (κ1) is 16.8. The van der Waals surface area contributed by atoms with E-state index in [2.05, 4.69) is 10.6 Å². The van der Waals surface area contributed by atoms with Gasteiger partial charge in [0.05, 0.1) is 13.2 Å². The quantitative estimate of drug-likeness (QED) is 0.822. The largest absolute Gasteiger partial charge is 0.380 e. The molecule has 1 aromatic rings. The summed E-state index contributed by atoms with van der Waals surface area (Å²) in [6.45, 7) is 0.883. The van der Waals surface area contributed by atoms with Gasteiger partial charge in [0.1, 0.15) is 5.82 Å². The number of hydrogen-bond donors (Lipinski definition) is 2. The number of carbonyl (C=O) groups excluding carboxylic acids is 1. The zero-order valence-electron chi connectivity index (χ0n) is 10.5. The lowest BCUT2D eigenvalue weighted by Gasteiger charge is -2.07. The van der Waals surface area contributed by atoms with E-state index in [1.54, 1.807) is 19.2 Å². The van der Waals surface area contributed by atoms with E-state index in [0.717, 1.165) is 5.56 Å². The molecule has 6 heteroatoms. The van der Waals surface area contributed by atoms with Crippen LogP contribution in [0.3, 0.4) is 0 Å². The molecule has 18 heavy (non-hydrogen) atoms. The standard InChI is InChI=1S/C12H17FN2O2.ClH/c1-14-7-12(16)15-6-9-3-4-11(13)10(5-9)8-17-2;/h3-5,14H,6-8H2,1-2H3,(H,15,16);1H. The van der Waals surface area contributed by atoms with Gasteiger partial charge in [-0.15, -0.1) is 12.4 Å². The van der Waals surface area contributed by atoms with Crippen LogP contribution in [0.5, 0.6) is 0 Å². The summed E-state index contributed by atoms with van der Waals surface area (Å²) in [6, 6.07) is 4.72. The number of nitrogens with one attached hydrogen (secondary N) is 2. The van der Waals surface area contributed by atoms with Crippen LogP contribution < -0.4 is 10.6 Å². The van der Waals surface area contributed by atoms with Gasteiger partial charge in [0.15, 0.2) is 0 Å². The zero-order valence-corrected chi connectivity index (χ0v) is 11.3. The molecule has 102 valence electrons. The fraction of sp³-hybridized carbons (Fsp3) is 0.417. The lowest BCUT2D eigenvalue weighted by Crippen LogP contribution is -2.31. The first-order valence-corrected chi connectivity index (χ1v) is 5.35. The molecule has 0 heterocycles. The summed E-state index contributed by atoms with van der Waals surface area (Å²) in [5, 5.41) is 5.48. The van der Waals surface area contributed by atoms with Gasteiger partial charge < -0.3 is 15.4 Å². The summed E-state index contributed by atoms with van der Waals surface area (Å²) in [7, 11) is 3.22. The number of ether oxygens (including phenoxy) is 1. The normalized spacial score (nSPS) is 9.72. The Morgan fingerprint density at radius 2 is 2.17 bits per heavy atom. The second-order valence-electron chi connectivity index (χ2n) is 3.67. The Kier molecular flexibility index (Phi) is 8.28. The molecule has 0 saturated heterocycles. The van der Waals surface area contributed by atoms with Crippen molar-refractivity contribution in [2.75, 3.05) is 20.7 Å². The molecule has 0 unspecified atom stereocenters. The lowest BCUT2D eigenvalue weighted by atomic mass is 10.1. The monoisotopic (exact) mass is 276 g/mol. The van der Waals surface area contributed by atoms with Gasteiger partial charge in [-0.1, -0.05) is 6.07 Å². The Balaban J connectivity index is 0.00000289. The molecule has 4 nitrogen and oxygen atoms in total. The fourth-order valence-corrected chi connectivity index (χ4v) is 1.43. The molecule has 0 spiro atoms. The summed E-state index contributed by atoms with van der Waals surface area (Å²) < 4.78 is 18.2. The van der Waals surface area contributed by atoms with Crippen LogP contribution in [0, 0.1) is 5.82 Å². The molecule has 0 radical (unpaired) electrons. The summed E-state index contributed by atoms with van der Waals surface area (Å²) in [6.07, 6.45) is 0. The van der Waals surface area contributed by atoms with Gasteiger partial charge in [-0.2, -0.15) is 0 Å². The van der Waals surface area contributed by atoms with Crippen LogP contribution in [0.2, 0.25) is 0 Å². The van der Waals surface area contributed by atoms with Gasteiger partial charge in [0, 0.05) is 19.2 Å². The molecule has 1 aromatic carbocycles. The average molecular weight is 277 g/mol. The van der Waals surface area contributed by atoms with E-state index >= 15 is 0 Å². The number of methoxy groups -OCH3 is 1. The minimum Gasteiger partial charge on any atom is -0.380 e. The average Bonchev–Trinajstić information content (AvgIpc) is 2.31. The number of likely N-dealkylation sites (N-methyl/N-ethyl adjacent to an activating group) is 1. The van der Waals surface area contributed by atoms with E-state index in [1.807, 2.05) is 0 Å². The van der Waals surface area contributed by atoms with Crippen molar-refractivity contribution in [1.82, 2.24) is 10.6 Å². The number of benzene rings is 1. The SMILES string of the molecule is CNCC(=O)NCc1ccc(F)c(COC)c1.Cl. The highest BCUT2D eigenvalue weighted by molar-refractivity contribution is 5.85. The zero-order chi connectivity index (χ0) is 12.7. The minimum atomic E-state index is -0.294. The molecule has 0 fully saturated rings. The summed E-state index contributed by atoms with van der Waals surface area (Å²) in [5.41, 5.74) is 1.34. The Morgan fingerprint density at radius 1 is 1.44 bits per heavy atom. The Labute approximate surface area is 112 Å². The third-order valence-corrected chi connectivity index (χ3v) is 2.24. The smallest absolute Gasteiger partial charge is 0.234 e. The van der Waals surface area contributed by atoms with E-state index < -0.39 is 0 Å². The first-order chi connectivity index (χ1) is 8.17. The number of rotatable bonds is 6. The highest BCUT2D eigenvalue weighted by Crippen LogP contribution is 2.11. The van der Waals surface area contributed by atoms with Crippen molar-refractivity contribution in [2.24, 2.45) is 0 Å². The number of halogens is 2. The van der Waals surface area contributed by atoms with Gasteiger partial charge in [-0.05, 0) is 24.7 Å². The van der Waals surface area contributed by atoms with Crippen LogP contribution in [-0.4, -0.2) is 26.6 Å². The van der Waals surface area contributed by atoms with Crippen molar-refractivity contribution in [3.63, 3.8) is 0 Å². The third-order valence-electron chi connectivity index (χ3n) is 2.24. The molecule has 1 rings (SSSR count). The molecular weight excluding hydrogens is 259 g/mol. The Hall–Kier alpha value is -1.17. The topological polar surface area (TPSA) is 50.4 Å². The lowest BCUT2D eigenvalue weighted by molar-refractivity contribution is -0.120. The van der Waals surface area contributed by atoms with Crippen LogP contribution in [0.4, 0.5) is 4.39 Å². The van der Waals surface area contributed by atoms with Crippen LogP contribution in [0.15, 0.2) is 18.2 Å². The molecule has 2 N–H and O–H groups in total. The van der Waals surface area contributed by atoms with Crippen molar-refractivity contribution in [2.45, 2.75) is 13.2 Å². The summed E-state index contributed by atoms with van der Waals surface area (Å²) >= 11 is 0. The minimum absolute atomic E-state index is 0. The number of amides is 1. The molecule has 0 atom stereocenters. The van der Waals surface area contributed by atoms with Gasteiger partial charge in [-0.3, -0.25) is 4.79 Å². The highest BCUT2D eigenvalue weighted by Gasteiger charge is 2.04. The molecular formula is C12H18ClFN2O2. The van der Waals surface area contributed by atoms with E-state index in [1.165, 1.54) is 13.2 Å². The van der Waals surface area contributed by atoms with Gasteiger partial charge in [0.25, 0.3) is 0 Å². The molecule has 0 aliphatic heterocycles. The van der Waals surface area contributed by atoms with E-state index in [4.69, 9.17) is 4.74 Å². The van der Waals surface area contributed by atoms with Crippen LogP contribution in [0.1, 0.15) is 11.1 Å². The maximum atomic E-state index is 13.3. The van der Waals surface area contributed by atoms with Crippen molar-refractivity contribution in [1.29, 1.82) is 0 Å². The van der Waals surface area contributed by atoms with Crippen molar-refractivity contribution < 1.29 is 13.9 Å². The number of carbonyl (C=O) groups is 1. The van der Waals surface area contributed by atoms with Crippen LogP contribution in [0.25, 0.3) is 0 Å². The molecule has 1 amide bonds. The molecule has 0 aliphatic rings. The third kappa shape index (κ3) is 5.44. The predicted molar refractivity (Wildman–Crippen MR) is 70.1 cm³/mol. The van der Waals surface area contributed by atoms with Crippen molar-refractivity contribution in [3.05, 3.63) is 35.1 Å². The summed E-state index contributed by atoms with van der Waals surface area (Å²) in [4.78, 5) is 11.2. The van der Waals surface area contributed by atoms with Gasteiger partial charge in [-0.25, -0.2) is 4.39 Å². The van der Waals surface area contributed by atoms with Crippen LogP contribution >= 0.6 is 12.4 Å². The Bertz CT molecular complexity index is 388. The number of hydrogen-bond acceptors (Lipinski definition) is 3. The van der Waals surface area contributed by atoms with Crippen LogP contribution in [-0.2, 0) is 22.7 Å². The second kappa shape index (κ2) is 8.85. The van der Waals surface area contributed by atoms with E-state index in [0.29, 0.717) is 12.1 Å². The molecule has 0 saturated carbocycles.